The van der Waals surface area contributed by atoms with Gasteiger partial charge in [0.1, 0.15) is 0 Å². The number of nitrogens with zero attached hydrogens (tertiary/aromatic N) is 3. The lowest BCUT2D eigenvalue weighted by atomic mass is 10.0. The normalized spacial score (nSPS) is 21.6. The van der Waals surface area contributed by atoms with Crippen LogP contribution in [0.1, 0.15) is 48.0 Å². The maximum atomic E-state index is 12.2. The van der Waals surface area contributed by atoms with Crippen LogP contribution in [0.5, 0.6) is 0 Å². The van der Waals surface area contributed by atoms with Crippen molar-refractivity contribution in [2.24, 2.45) is 10.9 Å². The fraction of sp³-hybridized carbons (Fsp3) is 0.944. The topological polar surface area (TPSA) is 65.0 Å². The van der Waals surface area contributed by atoms with Crippen LogP contribution in [0.4, 0.5) is 0 Å². The Morgan fingerprint density at radius 3 is 2.32 bits per heavy atom. The van der Waals surface area contributed by atoms with Gasteiger partial charge in [0.15, 0.2) is 15.8 Å². The van der Waals surface area contributed by atoms with E-state index in [-0.39, 0.29) is 5.75 Å². The van der Waals surface area contributed by atoms with Crippen molar-refractivity contribution in [2.75, 3.05) is 45.5 Å². The number of sulfone groups is 1. The second kappa shape index (κ2) is 9.21. The van der Waals surface area contributed by atoms with E-state index in [1.54, 1.807) is 20.9 Å². The fourth-order valence-electron chi connectivity index (χ4n) is 3.51. The summed E-state index contributed by atoms with van der Waals surface area (Å²) >= 11 is 0. The van der Waals surface area contributed by atoms with Gasteiger partial charge in [0, 0.05) is 32.7 Å². The van der Waals surface area contributed by atoms with Gasteiger partial charge in [-0.25, -0.2) is 8.42 Å². The van der Waals surface area contributed by atoms with Gasteiger partial charge < -0.3 is 10.2 Å². The molecule has 0 amide bonds. The van der Waals surface area contributed by atoms with E-state index >= 15 is 0 Å². The lowest BCUT2D eigenvalue weighted by molar-refractivity contribution is 0.190. The van der Waals surface area contributed by atoms with E-state index in [1.165, 1.54) is 0 Å². The van der Waals surface area contributed by atoms with Gasteiger partial charge in [0.2, 0.25) is 0 Å². The molecule has 1 aliphatic heterocycles. The summed E-state index contributed by atoms with van der Waals surface area (Å²) in [7, 11) is -1.27. The van der Waals surface area contributed by atoms with Crippen molar-refractivity contribution < 1.29 is 8.42 Å². The summed E-state index contributed by atoms with van der Waals surface area (Å²) < 4.78 is 23.7. The number of hydrogen-bond acceptors (Lipinski definition) is 4. The number of nitrogens with one attached hydrogen (secondary N) is 1. The predicted octanol–water partition coefficient (Wildman–Crippen LogP) is 1.83. The van der Waals surface area contributed by atoms with E-state index in [1.807, 2.05) is 0 Å². The molecule has 0 aromatic carbocycles. The molecule has 7 heteroatoms. The highest BCUT2D eigenvalue weighted by atomic mass is 32.2. The highest BCUT2D eigenvalue weighted by molar-refractivity contribution is 7.92. The van der Waals surface area contributed by atoms with Gasteiger partial charge in [-0.2, -0.15) is 0 Å². The standard InChI is InChI=1S/C18H38N4O2S/c1-8-21(9-2)16(12-15(3)4)13-20-17(19-7)22-10-11-25(23,24)18(5,6)14-22/h15-16H,8-14H2,1-7H3,(H,19,20). The molecule has 0 aromatic heterocycles. The third-order valence-corrected chi connectivity index (χ3v) is 7.66. The molecule has 0 radical (unpaired) electrons. The van der Waals surface area contributed by atoms with E-state index in [4.69, 9.17) is 0 Å². The van der Waals surface area contributed by atoms with E-state index in [0.717, 1.165) is 32.0 Å². The minimum absolute atomic E-state index is 0.187. The quantitative estimate of drug-likeness (QED) is 0.544. The summed E-state index contributed by atoms with van der Waals surface area (Å²) in [4.78, 5) is 8.96. The summed E-state index contributed by atoms with van der Waals surface area (Å²) in [6.07, 6.45) is 1.13. The molecule has 1 saturated heterocycles. The molecule has 1 rings (SSSR count). The number of rotatable bonds is 7. The van der Waals surface area contributed by atoms with E-state index in [0.29, 0.717) is 25.0 Å². The van der Waals surface area contributed by atoms with Crippen LogP contribution in [0.25, 0.3) is 0 Å². The Labute approximate surface area is 155 Å². The Bertz CT molecular complexity index is 539. The summed E-state index contributed by atoms with van der Waals surface area (Å²) in [6.45, 7) is 16.4. The van der Waals surface area contributed by atoms with Crippen LogP contribution in [0.15, 0.2) is 4.99 Å². The second-order valence-electron chi connectivity index (χ2n) is 7.93. The Morgan fingerprint density at radius 1 is 1.28 bits per heavy atom. The molecule has 6 nitrogen and oxygen atoms in total. The van der Waals surface area contributed by atoms with Crippen LogP contribution in [-0.2, 0) is 9.84 Å². The molecule has 148 valence electrons. The molecule has 0 aliphatic carbocycles. The van der Waals surface area contributed by atoms with E-state index in [2.05, 4.69) is 47.8 Å². The Hall–Kier alpha value is -0.820. The number of hydrogen-bond donors (Lipinski definition) is 1. The van der Waals surface area contributed by atoms with Crippen LogP contribution in [0.2, 0.25) is 0 Å². The number of guanidine groups is 1. The average molecular weight is 375 g/mol. The summed E-state index contributed by atoms with van der Waals surface area (Å²) in [5.74, 6) is 1.63. The Kier molecular flexibility index (Phi) is 8.19. The van der Waals surface area contributed by atoms with Crippen LogP contribution in [0, 0.1) is 5.92 Å². The van der Waals surface area contributed by atoms with Crippen LogP contribution < -0.4 is 5.32 Å². The lowest BCUT2D eigenvalue weighted by Crippen LogP contribution is -2.58. The zero-order valence-corrected chi connectivity index (χ0v) is 18.0. The van der Waals surface area contributed by atoms with Gasteiger partial charge >= 0.3 is 0 Å². The number of likely N-dealkylation sites (N-methyl/N-ethyl adjacent to an activating group) is 1. The first-order chi connectivity index (χ1) is 11.6. The van der Waals surface area contributed by atoms with E-state index in [9.17, 15) is 8.42 Å². The molecular weight excluding hydrogens is 336 g/mol. The Morgan fingerprint density at radius 2 is 1.88 bits per heavy atom. The third-order valence-electron chi connectivity index (χ3n) is 5.12. The maximum absolute atomic E-state index is 12.2. The first-order valence-electron chi connectivity index (χ1n) is 9.49. The fourth-order valence-corrected chi connectivity index (χ4v) is 4.88. The zero-order valence-electron chi connectivity index (χ0n) is 17.2. The molecule has 1 aliphatic rings. The van der Waals surface area contributed by atoms with Crippen molar-refractivity contribution in [1.29, 1.82) is 0 Å². The monoisotopic (exact) mass is 374 g/mol. The van der Waals surface area contributed by atoms with Crippen molar-refractivity contribution in [3.05, 3.63) is 0 Å². The summed E-state index contributed by atoms with van der Waals surface area (Å²) in [6, 6.07) is 0.452. The predicted molar refractivity (Wildman–Crippen MR) is 107 cm³/mol. The molecule has 25 heavy (non-hydrogen) atoms. The zero-order chi connectivity index (χ0) is 19.3. The molecule has 0 aromatic rings. The summed E-state index contributed by atoms with van der Waals surface area (Å²) in [5.41, 5.74) is 0. The van der Waals surface area contributed by atoms with Gasteiger partial charge in [-0.15, -0.1) is 0 Å². The SMILES string of the molecule is CCN(CC)C(CNC(=NC)N1CCS(=O)(=O)C(C)(C)C1)CC(C)C. The van der Waals surface area contributed by atoms with Crippen molar-refractivity contribution in [3.8, 4) is 0 Å². The molecular formula is C18H38N4O2S. The lowest BCUT2D eigenvalue weighted by Gasteiger charge is -2.40. The Balaban J connectivity index is 2.78. The van der Waals surface area contributed by atoms with Crippen LogP contribution in [-0.4, -0.2) is 80.5 Å². The van der Waals surface area contributed by atoms with Gasteiger partial charge in [-0.3, -0.25) is 9.89 Å². The highest BCUT2D eigenvalue weighted by Gasteiger charge is 2.41. The smallest absolute Gasteiger partial charge is 0.193 e. The highest BCUT2D eigenvalue weighted by Crippen LogP contribution is 2.23. The first-order valence-corrected chi connectivity index (χ1v) is 11.1. The van der Waals surface area contributed by atoms with Crippen LogP contribution in [0.3, 0.4) is 0 Å². The molecule has 1 N–H and O–H groups in total. The van der Waals surface area contributed by atoms with Crippen molar-refractivity contribution in [2.45, 2.75) is 58.8 Å². The van der Waals surface area contributed by atoms with Gasteiger partial charge in [0.25, 0.3) is 0 Å². The second-order valence-corrected chi connectivity index (χ2v) is 10.7. The molecule has 0 spiro atoms. The van der Waals surface area contributed by atoms with Crippen molar-refractivity contribution >= 4 is 15.8 Å². The van der Waals surface area contributed by atoms with Crippen LogP contribution >= 0.6 is 0 Å². The van der Waals surface area contributed by atoms with Gasteiger partial charge in [0.05, 0.1) is 10.5 Å². The number of aliphatic imine (C=N–C) groups is 1. The maximum Gasteiger partial charge on any atom is 0.193 e. The molecule has 0 bridgehead atoms. The minimum atomic E-state index is -3.04. The van der Waals surface area contributed by atoms with Crippen molar-refractivity contribution in [1.82, 2.24) is 15.1 Å². The van der Waals surface area contributed by atoms with Gasteiger partial charge in [-0.1, -0.05) is 27.7 Å². The van der Waals surface area contributed by atoms with Gasteiger partial charge in [-0.05, 0) is 39.3 Å². The molecule has 1 heterocycles. The van der Waals surface area contributed by atoms with Crippen molar-refractivity contribution in [3.63, 3.8) is 0 Å². The third kappa shape index (κ3) is 5.84. The average Bonchev–Trinajstić information content (AvgIpc) is 2.51. The molecule has 1 fully saturated rings. The molecule has 0 saturated carbocycles. The largest absolute Gasteiger partial charge is 0.355 e. The first kappa shape index (κ1) is 22.2. The molecule has 1 atom stereocenters. The van der Waals surface area contributed by atoms with E-state index < -0.39 is 14.6 Å². The minimum Gasteiger partial charge on any atom is -0.355 e. The molecule has 1 unspecified atom stereocenters. The summed E-state index contributed by atoms with van der Waals surface area (Å²) in [5, 5.41) is 3.50.